The molecule has 18 heavy (non-hydrogen) atoms. The van der Waals surface area contributed by atoms with Crippen molar-refractivity contribution < 1.29 is 4.74 Å². The third kappa shape index (κ3) is 2.73. The van der Waals surface area contributed by atoms with E-state index < -0.39 is 11.2 Å². The summed E-state index contributed by atoms with van der Waals surface area (Å²) in [7, 11) is 1.59. The van der Waals surface area contributed by atoms with Crippen molar-refractivity contribution in [3.63, 3.8) is 0 Å². The Hall–Kier alpha value is -2.63. The molecule has 0 bridgehead atoms. The van der Waals surface area contributed by atoms with E-state index in [-0.39, 0.29) is 0 Å². The van der Waals surface area contributed by atoms with Crippen LogP contribution in [-0.4, -0.2) is 23.0 Å². The zero-order valence-corrected chi connectivity index (χ0v) is 9.66. The van der Waals surface area contributed by atoms with E-state index in [1.807, 2.05) is 0 Å². The molecular formula is C12H11N3O3. The maximum Gasteiger partial charge on any atom is 0.348 e. The van der Waals surface area contributed by atoms with Gasteiger partial charge in [0.15, 0.2) is 0 Å². The normalized spacial score (nSPS) is 10.7. The molecule has 0 radical (unpaired) electrons. The van der Waals surface area contributed by atoms with E-state index in [0.717, 1.165) is 16.0 Å². The number of rotatable bonds is 3. The molecule has 0 saturated heterocycles. The molecule has 1 aromatic carbocycles. The number of aromatic nitrogens is 2. The number of aromatic amines is 1. The lowest BCUT2D eigenvalue weighted by atomic mass is 10.2. The van der Waals surface area contributed by atoms with Crippen LogP contribution in [0.1, 0.15) is 5.56 Å². The molecular weight excluding hydrogens is 234 g/mol. The van der Waals surface area contributed by atoms with Crippen molar-refractivity contribution >= 4 is 6.21 Å². The van der Waals surface area contributed by atoms with Crippen molar-refractivity contribution in [1.29, 1.82) is 0 Å². The van der Waals surface area contributed by atoms with E-state index in [2.05, 4.69) is 10.1 Å². The van der Waals surface area contributed by atoms with E-state index in [4.69, 9.17) is 4.74 Å². The standard InChI is InChI=1S/C12H11N3O3/c1-18-10-4-2-9(3-5-10)8-13-15-7-6-11(16)14-12(15)17/h2-8H,1H3,(H,14,16,17)/b13-8+. The lowest BCUT2D eigenvalue weighted by Crippen LogP contribution is -2.26. The number of nitrogens with zero attached hydrogens (tertiary/aromatic N) is 2. The molecule has 0 aliphatic rings. The number of ether oxygens (including phenoxy) is 1. The van der Waals surface area contributed by atoms with Crippen LogP contribution in [0.3, 0.4) is 0 Å². The highest BCUT2D eigenvalue weighted by Crippen LogP contribution is 2.09. The molecule has 0 atom stereocenters. The minimum Gasteiger partial charge on any atom is -0.497 e. The second-order valence-corrected chi connectivity index (χ2v) is 3.47. The van der Waals surface area contributed by atoms with Crippen molar-refractivity contribution in [2.24, 2.45) is 5.10 Å². The fraction of sp³-hybridized carbons (Fsp3) is 0.0833. The fourth-order valence-electron chi connectivity index (χ4n) is 1.32. The Balaban J connectivity index is 2.24. The summed E-state index contributed by atoms with van der Waals surface area (Å²) in [6.45, 7) is 0. The van der Waals surface area contributed by atoms with Crippen LogP contribution in [0, 0.1) is 0 Å². The Morgan fingerprint density at radius 2 is 1.94 bits per heavy atom. The van der Waals surface area contributed by atoms with E-state index in [0.29, 0.717) is 0 Å². The lowest BCUT2D eigenvalue weighted by Gasteiger charge is -1.99. The van der Waals surface area contributed by atoms with Gasteiger partial charge in [-0.15, -0.1) is 0 Å². The zero-order valence-electron chi connectivity index (χ0n) is 9.66. The Morgan fingerprint density at radius 1 is 1.22 bits per heavy atom. The van der Waals surface area contributed by atoms with Gasteiger partial charge < -0.3 is 4.74 Å². The van der Waals surface area contributed by atoms with Gasteiger partial charge in [0, 0.05) is 12.3 Å². The maximum atomic E-state index is 11.3. The first-order chi connectivity index (χ1) is 8.69. The summed E-state index contributed by atoms with van der Waals surface area (Å²) < 4.78 is 6.07. The average Bonchev–Trinajstić information content (AvgIpc) is 2.38. The van der Waals surface area contributed by atoms with Gasteiger partial charge in [-0.2, -0.15) is 9.78 Å². The number of hydrogen-bond acceptors (Lipinski definition) is 4. The van der Waals surface area contributed by atoms with Crippen LogP contribution in [0.15, 0.2) is 51.2 Å². The van der Waals surface area contributed by atoms with Gasteiger partial charge >= 0.3 is 5.69 Å². The van der Waals surface area contributed by atoms with Gasteiger partial charge in [-0.3, -0.25) is 9.78 Å². The quantitative estimate of drug-likeness (QED) is 0.796. The molecule has 1 N–H and O–H groups in total. The molecule has 0 aliphatic carbocycles. The van der Waals surface area contributed by atoms with Gasteiger partial charge in [-0.25, -0.2) is 4.79 Å². The van der Waals surface area contributed by atoms with Crippen LogP contribution in [0.25, 0.3) is 0 Å². The number of benzene rings is 1. The summed E-state index contributed by atoms with van der Waals surface area (Å²) in [5, 5.41) is 3.94. The predicted molar refractivity (Wildman–Crippen MR) is 67.3 cm³/mol. The molecule has 1 aromatic heterocycles. The second-order valence-electron chi connectivity index (χ2n) is 3.47. The van der Waals surface area contributed by atoms with E-state index in [9.17, 15) is 9.59 Å². The van der Waals surface area contributed by atoms with Gasteiger partial charge in [0.2, 0.25) is 0 Å². The van der Waals surface area contributed by atoms with Gasteiger partial charge in [-0.1, -0.05) is 0 Å². The molecule has 0 amide bonds. The van der Waals surface area contributed by atoms with Crippen molar-refractivity contribution in [2.45, 2.75) is 0 Å². The summed E-state index contributed by atoms with van der Waals surface area (Å²) in [4.78, 5) is 24.3. The molecule has 2 rings (SSSR count). The molecule has 0 spiro atoms. The summed E-state index contributed by atoms with van der Waals surface area (Å²) in [5.74, 6) is 0.744. The molecule has 2 aromatic rings. The second kappa shape index (κ2) is 5.13. The Labute approximate surface area is 102 Å². The van der Waals surface area contributed by atoms with Crippen LogP contribution in [0.2, 0.25) is 0 Å². The fourth-order valence-corrected chi connectivity index (χ4v) is 1.32. The minimum atomic E-state index is -0.577. The third-order valence-electron chi connectivity index (χ3n) is 2.25. The first kappa shape index (κ1) is 11.8. The predicted octanol–water partition coefficient (Wildman–Crippen LogP) is 0.427. The number of H-pyrrole nitrogens is 1. The Morgan fingerprint density at radius 3 is 2.56 bits per heavy atom. The minimum absolute atomic E-state index is 0.448. The summed E-state index contributed by atoms with van der Waals surface area (Å²) in [6, 6.07) is 8.42. The van der Waals surface area contributed by atoms with Crippen molar-refractivity contribution in [1.82, 2.24) is 9.66 Å². The summed E-state index contributed by atoms with van der Waals surface area (Å²) in [5.41, 5.74) is -0.211. The molecule has 0 fully saturated rings. The average molecular weight is 245 g/mol. The van der Waals surface area contributed by atoms with Crippen LogP contribution in [0.4, 0.5) is 0 Å². The topological polar surface area (TPSA) is 76.5 Å². The van der Waals surface area contributed by atoms with Crippen LogP contribution < -0.4 is 16.0 Å². The highest BCUT2D eigenvalue weighted by Gasteiger charge is 1.93. The molecule has 0 saturated carbocycles. The van der Waals surface area contributed by atoms with Gasteiger partial charge in [0.1, 0.15) is 5.75 Å². The molecule has 6 nitrogen and oxygen atoms in total. The first-order valence-corrected chi connectivity index (χ1v) is 5.19. The number of nitrogens with one attached hydrogen (secondary N) is 1. The number of hydrogen-bond donors (Lipinski definition) is 1. The monoisotopic (exact) mass is 245 g/mol. The summed E-state index contributed by atoms with van der Waals surface area (Å²) in [6.07, 6.45) is 2.82. The van der Waals surface area contributed by atoms with Crippen molar-refractivity contribution in [3.05, 3.63) is 62.9 Å². The Kier molecular flexibility index (Phi) is 3.38. The smallest absolute Gasteiger partial charge is 0.348 e. The number of methoxy groups -OCH3 is 1. The molecule has 92 valence electrons. The lowest BCUT2D eigenvalue weighted by molar-refractivity contribution is 0.415. The third-order valence-corrected chi connectivity index (χ3v) is 2.25. The van der Waals surface area contributed by atoms with Gasteiger partial charge in [-0.05, 0) is 29.8 Å². The Bertz CT molecular complexity index is 668. The van der Waals surface area contributed by atoms with Gasteiger partial charge in [0.05, 0.1) is 13.3 Å². The van der Waals surface area contributed by atoms with E-state index in [1.165, 1.54) is 18.5 Å². The van der Waals surface area contributed by atoms with Gasteiger partial charge in [0.25, 0.3) is 5.56 Å². The summed E-state index contributed by atoms with van der Waals surface area (Å²) >= 11 is 0. The maximum absolute atomic E-state index is 11.3. The molecule has 1 heterocycles. The van der Waals surface area contributed by atoms with Crippen molar-refractivity contribution in [3.8, 4) is 5.75 Å². The molecule has 0 aliphatic heterocycles. The SMILES string of the molecule is COc1ccc(/C=N/n2ccc(=O)[nH]c2=O)cc1. The first-order valence-electron chi connectivity index (χ1n) is 5.19. The molecule has 6 heteroatoms. The van der Waals surface area contributed by atoms with E-state index >= 15 is 0 Å². The van der Waals surface area contributed by atoms with Crippen LogP contribution in [-0.2, 0) is 0 Å². The largest absolute Gasteiger partial charge is 0.497 e. The highest BCUT2D eigenvalue weighted by molar-refractivity contribution is 5.79. The van der Waals surface area contributed by atoms with Crippen molar-refractivity contribution in [2.75, 3.05) is 7.11 Å². The van der Waals surface area contributed by atoms with Crippen LogP contribution >= 0.6 is 0 Å². The van der Waals surface area contributed by atoms with Crippen LogP contribution in [0.5, 0.6) is 5.75 Å². The highest BCUT2D eigenvalue weighted by atomic mass is 16.5. The zero-order chi connectivity index (χ0) is 13.0. The molecule has 0 unspecified atom stereocenters. The van der Waals surface area contributed by atoms with E-state index in [1.54, 1.807) is 31.4 Å².